The van der Waals surface area contributed by atoms with E-state index in [-0.39, 0.29) is 24.0 Å². The van der Waals surface area contributed by atoms with E-state index in [2.05, 4.69) is 34.2 Å². The van der Waals surface area contributed by atoms with E-state index in [0.29, 0.717) is 31.1 Å². The molecule has 1 aliphatic rings. The van der Waals surface area contributed by atoms with E-state index in [9.17, 15) is 4.79 Å². The maximum Gasteiger partial charge on any atom is 0.227 e. The Bertz CT molecular complexity index is 493. The maximum atomic E-state index is 11.9. The summed E-state index contributed by atoms with van der Waals surface area (Å²) in [5.74, 6) is 1.47. The molecule has 2 rings (SSSR count). The predicted octanol–water partition coefficient (Wildman–Crippen LogP) is 1.35. The van der Waals surface area contributed by atoms with Crippen molar-refractivity contribution in [2.45, 2.75) is 58.7 Å². The number of hydrogen-bond acceptors (Lipinski definition) is 6. The number of aromatic nitrogens is 2. The SMILES string of the molecule is CC(C)c1noc(CCC(=O)NCCN2C[C@H](C)O[C@@H](C)C2)n1. The Morgan fingerprint density at radius 3 is 2.65 bits per heavy atom. The lowest BCUT2D eigenvalue weighted by Crippen LogP contribution is -2.47. The van der Waals surface area contributed by atoms with Crippen LogP contribution in [-0.2, 0) is 16.0 Å². The molecule has 2 heterocycles. The highest BCUT2D eigenvalue weighted by Gasteiger charge is 2.21. The highest BCUT2D eigenvalue weighted by atomic mass is 16.5. The molecule has 0 radical (unpaired) electrons. The Hall–Kier alpha value is -1.47. The van der Waals surface area contributed by atoms with Gasteiger partial charge in [-0.05, 0) is 13.8 Å². The molecule has 2 atom stereocenters. The van der Waals surface area contributed by atoms with Crippen LogP contribution >= 0.6 is 0 Å². The van der Waals surface area contributed by atoms with Gasteiger partial charge in [0, 0.05) is 44.9 Å². The van der Waals surface area contributed by atoms with Crippen LogP contribution < -0.4 is 5.32 Å². The van der Waals surface area contributed by atoms with Crippen molar-refractivity contribution in [3.05, 3.63) is 11.7 Å². The minimum Gasteiger partial charge on any atom is -0.373 e. The molecule has 0 spiro atoms. The quantitative estimate of drug-likeness (QED) is 0.815. The number of aryl methyl sites for hydroxylation is 1. The number of carbonyl (C=O) groups excluding carboxylic acids is 1. The summed E-state index contributed by atoms with van der Waals surface area (Å²) in [4.78, 5) is 18.5. The molecular weight excluding hydrogens is 296 g/mol. The minimum atomic E-state index is 0.0173. The summed E-state index contributed by atoms with van der Waals surface area (Å²) >= 11 is 0. The van der Waals surface area contributed by atoms with Crippen LogP contribution in [0.2, 0.25) is 0 Å². The molecule has 23 heavy (non-hydrogen) atoms. The molecule has 0 aromatic carbocycles. The fraction of sp³-hybridized carbons (Fsp3) is 0.812. The molecule has 1 aromatic rings. The number of carbonyl (C=O) groups is 1. The van der Waals surface area contributed by atoms with Crippen LogP contribution in [-0.4, -0.2) is 59.3 Å². The normalized spacial score (nSPS) is 22.5. The lowest BCUT2D eigenvalue weighted by atomic mass is 10.2. The second-order valence-corrected chi connectivity index (χ2v) is 6.57. The van der Waals surface area contributed by atoms with Gasteiger partial charge >= 0.3 is 0 Å². The van der Waals surface area contributed by atoms with E-state index >= 15 is 0 Å². The van der Waals surface area contributed by atoms with Crippen molar-refractivity contribution in [3.63, 3.8) is 0 Å². The Kier molecular flexibility index (Phi) is 6.53. The third-order valence-electron chi connectivity index (χ3n) is 3.81. The number of nitrogens with zero attached hydrogens (tertiary/aromatic N) is 3. The molecule has 1 fully saturated rings. The fourth-order valence-electron chi connectivity index (χ4n) is 2.73. The first-order chi connectivity index (χ1) is 10.9. The van der Waals surface area contributed by atoms with Crippen molar-refractivity contribution in [2.75, 3.05) is 26.2 Å². The largest absolute Gasteiger partial charge is 0.373 e. The summed E-state index contributed by atoms with van der Waals surface area (Å²) in [5, 5.41) is 6.84. The van der Waals surface area contributed by atoms with Gasteiger partial charge in [0.25, 0.3) is 0 Å². The average Bonchev–Trinajstić information content (AvgIpc) is 2.93. The van der Waals surface area contributed by atoms with Crippen molar-refractivity contribution < 1.29 is 14.1 Å². The lowest BCUT2D eigenvalue weighted by Gasteiger charge is -2.35. The Labute approximate surface area is 137 Å². The van der Waals surface area contributed by atoms with Crippen molar-refractivity contribution >= 4 is 5.91 Å². The molecular formula is C16H28N4O3. The van der Waals surface area contributed by atoms with Crippen molar-refractivity contribution in [1.29, 1.82) is 0 Å². The summed E-state index contributed by atoms with van der Waals surface area (Å²) < 4.78 is 10.8. The smallest absolute Gasteiger partial charge is 0.227 e. The van der Waals surface area contributed by atoms with Gasteiger partial charge in [0.2, 0.25) is 11.8 Å². The lowest BCUT2D eigenvalue weighted by molar-refractivity contribution is -0.121. The Morgan fingerprint density at radius 1 is 1.35 bits per heavy atom. The van der Waals surface area contributed by atoms with Crippen LogP contribution in [0, 0.1) is 0 Å². The number of ether oxygens (including phenoxy) is 1. The van der Waals surface area contributed by atoms with Crippen LogP contribution in [0.3, 0.4) is 0 Å². The van der Waals surface area contributed by atoms with Crippen molar-refractivity contribution in [1.82, 2.24) is 20.4 Å². The molecule has 0 unspecified atom stereocenters. The topological polar surface area (TPSA) is 80.5 Å². The van der Waals surface area contributed by atoms with E-state index in [4.69, 9.17) is 9.26 Å². The summed E-state index contributed by atoms with van der Waals surface area (Å²) in [6.45, 7) is 11.5. The summed E-state index contributed by atoms with van der Waals surface area (Å²) in [6.07, 6.45) is 1.36. The number of rotatable bonds is 7. The zero-order valence-corrected chi connectivity index (χ0v) is 14.5. The van der Waals surface area contributed by atoms with E-state index in [1.807, 2.05) is 13.8 Å². The molecule has 0 bridgehead atoms. The zero-order valence-electron chi connectivity index (χ0n) is 14.5. The molecule has 1 amide bonds. The highest BCUT2D eigenvalue weighted by molar-refractivity contribution is 5.75. The van der Waals surface area contributed by atoms with E-state index in [0.717, 1.165) is 19.6 Å². The fourth-order valence-corrected chi connectivity index (χ4v) is 2.73. The molecule has 7 heteroatoms. The van der Waals surface area contributed by atoms with Crippen LogP contribution in [0.1, 0.15) is 51.7 Å². The molecule has 0 saturated carbocycles. The zero-order chi connectivity index (χ0) is 16.8. The van der Waals surface area contributed by atoms with Crippen LogP contribution in [0.15, 0.2) is 4.52 Å². The van der Waals surface area contributed by atoms with E-state index < -0.39 is 0 Å². The standard InChI is InChI=1S/C16H28N4O3/c1-11(2)16-18-15(23-19-16)6-5-14(21)17-7-8-20-9-12(3)22-13(4)10-20/h11-13H,5-10H2,1-4H3,(H,17,21)/t12-,13-/m0/s1. The maximum absolute atomic E-state index is 11.9. The summed E-state index contributed by atoms with van der Waals surface area (Å²) in [7, 11) is 0. The van der Waals surface area contributed by atoms with Gasteiger partial charge in [-0.25, -0.2) is 0 Å². The van der Waals surface area contributed by atoms with Crippen LogP contribution in [0.4, 0.5) is 0 Å². The Balaban J connectivity index is 1.63. The summed E-state index contributed by atoms with van der Waals surface area (Å²) in [5.41, 5.74) is 0. The van der Waals surface area contributed by atoms with Crippen molar-refractivity contribution in [3.8, 4) is 0 Å². The predicted molar refractivity (Wildman–Crippen MR) is 86.2 cm³/mol. The summed E-state index contributed by atoms with van der Waals surface area (Å²) in [6, 6.07) is 0. The number of morpholine rings is 1. The second-order valence-electron chi connectivity index (χ2n) is 6.57. The number of hydrogen-bond donors (Lipinski definition) is 1. The highest BCUT2D eigenvalue weighted by Crippen LogP contribution is 2.11. The van der Waals surface area contributed by atoms with Gasteiger partial charge in [-0.1, -0.05) is 19.0 Å². The molecule has 0 aliphatic carbocycles. The van der Waals surface area contributed by atoms with Gasteiger partial charge in [0.15, 0.2) is 5.82 Å². The molecule has 1 N–H and O–H groups in total. The monoisotopic (exact) mass is 324 g/mol. The first kappa shape index (κ1) is 17.9. The van der Waals surface area contributed by atoms with E-state index in [1.165, 1.54) is 0 Å². The molecule has 1 aliphatic heterocycles. The van der Waals surface area contributed by atoms with Gasteiger partial charge in [-0.3, -0.25) is 9.69 Å². The minimum absolute atomic E-state index is 0.0173. The molecule has 1 saturated heterocycles. The van der Waals surface area contributed by atoms with Crippen LogP contribution in [0.25, 0.3) is 0 Å². The van der Waals surface area contributed by atoms with Gasteiger partial charge in [0.1, 0.15) is 0 Å². The first-order valence-corrected chi connectivity index (χ1v) is 8.41. The van der Waals surface area contributed by atoms with Crippen molar-refractivity contribution in [2.24, 2.45) is 0 Å². The van der Waals surface area contributed by atoms with Gasteiger partial charge in [-0.2, -0.15) is 4.98 Å². The third-order valence-corrected chi connectivity index (χ3v) is 3.81. The second kappa shape index (κ2) is 8.40. The first-order valence-electron chi connectivity index (χ1n) is 8.41. The van der Waals surface area contributed by atoms with Crippen LogP contribution in [0.5, 0.6) is 0 Å². The van der Waals surface area contributed by atoms with Gasteiger partial charge < -0.3 is 14.6 Å². The van der Waals surface area contributed by atoms with Gasteiger partial charge in [0.05, 0.1) is 12.2 Å². The third kappa shape index (κ3) is 5.91. The Morgan fingerprint density at radius 2 is 2.04 bits per heavy atom. The van der Waals surface area contributed by atoms with Gasteiger partial charge in [-0.15, -0.1) is 0 Å². The number of nitrogens with one attached hydrogen (secondary N) is 1. The molecule has 1 aromatic heterocycles. The van der Waals surface area contributed by atoms with E-state index in [1.54, 1.807) is 0 Å². The average molecular weight is 324 g/mol. The molecule has 7 nitrogen and oxygen atoms in total. The number of amides is 1. The molecule has 130 valence electrons.